The molecule has 6 heteroatoms. The number of amides is 2. The van der Waals surface area contributed by atoms with Gasteiger partial charge in [-0.3, -0.25) is 4.79 Å². The molecule has 144 valence electrons. The van der Waals surface area contributed by atoms with Gasteiger partial charge >= 0.3 is 6.09 Å². The number of nitrogens with one attached hydrogen (secondary N) is 2. The molecule has 27 heavy (non-hydrogen) atoms. The first kappa shape index (κ1) is 20.4. The molecule has 0 aliphatic heterocycles. The fourth-order valence-corrected chi connectivity index (χ4v) is 2.45. The summed E-state index contributed by atoms with van der Waals surface area (Å²) >= 11 is 0. The van der Waals surface area contributed by atoms with Crippen molar-refractivity contribution in [1.82, 2.24) is 10.6 Å². The topological polar surface area (TPSA) is 67.4 Å². The Hall–Kier alpha value is -2.89. The van der Waals surface area contributed by atoms with E-state index in [4.69, 9.17) is 4.74 Å². The highest BCUT2D eigenvalue weighted by atomic mass is 19.1. The normalized spacial score (nSPS) is 12.1. The van der Waals surface area contributed by atoms with E-state index in [0.717, 1.165) is 5.56 Å². The van der Waals surface area contributed by atoms with Gasteiger partial charge in [0.15, 0.2) is 0 Å². The molecule has 0 fully saturated rings. The number of carbonyl (C=O) groups is 2. The Labute approximate surface area is 158 Å². The number of ether oxygens (including phenoxy) is 1. The predicted octanol–water partition coefficient (Wildman–Crippen LogP) is 3.75. The van der Waals surface area contributed by atoms with Gasteiger partial charge in [0.05, 0.1) is 0 Å². The Morgan fingerprint density at radius 1 is 1.04 bits per heavy atom. The average molecular weight is 372 g/mol. The number of hydrogen-bond donors (Lipinski definition) is 2. The van der Waals surface area contributed by atoms with Crippen molar-refractivity contribution in [3.05, 3.63) is 71.5 Å². The van der Waals surface area contributed by atoms with Gasteiger partial charge in [0.2, 0.25) is 5.91 Å². The van der Waals surface area contributed by atoms with Crippen LogP contribution >= 0.6 is 0 Å². The van der Waals surface area contributed by atoms with Crippen LogP contribution in [-0.4, -0.2) is 24.1 Å². The van der Waals surface area contributed by atoms with Crippen molar-refractivity contribution in [3.63, 3.8) is 0 Å². The molecule has 0 aliphatic carbocycles. The lowest BCUT2D eigenvalue weighted by Crippen LogP contribution is -2.43. The Kier molecular flexibility index (Phi) is 6.93. The maximum atomic E-state index is 12.9. The molecule has 0 unspecified atom stereocenters. The Bertz CT molecular complexity index is 755. The van der Waals surface area contributed by atoms with Crippen molar-refractivity contribution in [2.24, 2.45) is 0 Å². The number of hydrogen-bond acceptors (Lipinski definition) is 3. The molecular weight excluding hydrogens is 347 g/mol. The zero-order chi connectivity index (χ0) is 19.9. The highest BCUT2D eigenvalue weighted by Crippen LogP contribution is 2.15. The average Bonchev–Trinajstić information content (AvgIpc) is 2.60. The molecule has 1 atom stereocenters. The molecule has 0 heterocycles. The van der Waals surface area contributed by atoms with Crippen molar-refractivity contribution in [2.75, 3.05) is 6.54 Å². The van der Waals surface area contributed by atoms with Crippen LogP contribution in [0.15, 0.2) is 54.6 Å². The summed E-state index contributed by atoms with van der Waals surface area (Å²) in [6.07, 6.45) is -0.106. The van der Waals surface area contributed by atoms with Gasteiger partial charge in [0.1, 0.15) is 17.5 Å². The van der Waals surface area contributed by atoms with E-state index in [9.17, 15) is 14.0 Å². The van der Waals surface area contributed by atoms with Gasteiger partial charge in [-0.2, -0.15) is 0 Å². The van der Waals surface area contributed by atoms with Crippen LogP contribution in [0.5, 0.6) is 0 Å². The van der Waals surface area contributed by atoms with E-state index in [1.165, 1.54) is 12.1 Å². The molecule has 2 N–H and O–H groups in total. The number of halogens is 1. The number of benzene rings is 2. The lowest BCUT2D eigenvalue weighted by Gasteiger charge is -2.23. The summed E-state index contributed by atoms with van der Waals surface area (Å²) in [6.45, 7) is 5.64. The van der Waals surface area contributed by atoms with Crippen LogP contribution in [0.3, 0.4) is 0 Å². The second kappa shape index (κ2) is 9.16. The fraction of sp³-hybridized carbons (Fsp3) is 0.333. The van der Waals surface area contributed by atoms with Gasteiger partial charge in [-0.25, -0.2) is 9.18 Å². The van der Waals surface area contributed by atoms with E-state index in [2.05, 4.69) is 10.6 Å². The van der Waals surface area contributed by atoms with Crippen molar-refractivity contribution >= 4 is 12.0 Å². The van der Waals surface area contributed by atoms with Crippen molar-refractivity contribution in [1.29, 1.82) is 0 Å². The largest absolute Gasteiger partial charge is 0.444 e. The lowest BCUT2D eigenvalue weighted by molar-refractivity contribution is -0.123. The molecule has 2 amide bonds. The van der Waals surface area contributed by atoms with E-state index in [0.29, 0.717) is 18.5 Å². The zero-order valence-electron chi connectivity index (χ0n) is 15.8. The van der Waals surface area contributed by atoms with Crippen LogP contribution in [0.4, 0.5) is 9.18 Å². The van der Waals surface area contributed by atoms with Gasteiger partial charge in [-0.05, 0) is 50.5 Å². The molecule has 0 saturated carbocycles. The molecule has 2 rings (SSSR count). The first-order chi connectivity index (χ1) is 12.7. The van der Waals surface area contributed by atoms with Crippen LogP contribution in [-0.2, 0) is 16.0 Å². The minimum atomic E-state index is -0.866. The van der Waals surface area contributed by atoms with E-state index in [1.807, 2.05) is 6.07 Å². The van der Waals surface area contributed by atoms with Crippen LogP contribution in [0.1, 0.15) is 37.9 Å². The van der Waals surface area contributed by atoms with Gasteiger partial charge in [0.25, 0.3) is 0 Å². The van der Waals surface area contributed by atoms with Crippen LogP contribution in [0.2, 0.25) is 0 Å². The maximum Gasteiger partial charge on any atom is 0.408 e. The molecule has 0 aromatic heterocycles. The summed E-state index contributed by atoms with van der Waals surface area (Å²) in [5, 5.41) is 5.43. The molecule has 0 saturated heterocycles. The van der Waals surface area contributed by atoms with E-state index in [1.54, 1.807) is 57.2 Å². The smallest absolute Gasteiger partial charge is 0.408 e. The molecule has 0 spiro atoms. The molecule has 0 bridgehead atoms. The second-order valence-electron chi connectivity index (χ2n) is 7.16. The zero-order valence-corrected chi connectivity index (χ0v) is 15.8. The van der Waals surface area contributed by atoms with Gasteiger partial charge in [-0.15, -0.1) is 0 Å². The molecular formula is C21H25FN2O3. The number of rotatable bonds is 6. The minimum Gasteiger partial charge on any atom is -0.444 e. The van der Waals surface area contributed by atoms with E-state index in [-0.39, 0.29) is 11.7 Å². The quantitative estimate of drug-likeness (QED) is 0.811. The SMILES string of the molecule is CC(C)(C)OC(=O)N[C@H](C(=O)NCCc1ccc(F)cc1)c1ccccc1. The third kappa shape index (κ3) is 7.09. The van der Waals surface area contributed by atoms with Gasteiger partial charge in [-0.1, -0.05) is 42.5 Å². The molecule has 5 nitrogen and oxygen atoms in total. The van der Waals surface area contributed by atoms with E-state index >= 15 is 0 Å². The number of alkyl carbamates (subject to hydrolysis) is 1. The molecule has 0 radical (unpaired) electrons. The van der Waals surface area contributed by atoms with Crippen LogP contribution in [0.25, 0.3) is 0 Å². The highest BCUT2D eigenvalue weighted by Gasteiger charge is 2.25. The maximum absolute atomic E-state index is 12.9. The summed E-state index contributed by atoms with van der Waals surface area (Å²) in [6, 6.07) is 14.2. The Morgan fingerprint density at radius 3 is 2.26 bits per heavy atom. The van der Waals surface area contributed by atoms with Gasteiger partial charge < -0.3 is 15.4 Å². The minimum absolute atomic E-state index is 0.298. The van der Waals surface area contributed by atoms with Crippen molar-refractivity contribution < 1.29 is 18.7 Å². The third-order valence-corrected chi connectivity index (χ3v) is 3.68. The summed E-state index contributed by atoms with van der Waals surface area (Å²) in [4.78, 5) is 24.8. The molecule has 2 aromatic carbocycles. The summed E-state index contributed by atoms with van der Waals surface area (Å²) in [5.41, 5.74) is 0.903. The van der Waals surface area contributed by atoms with E-state index < -0.39 is 17.7 Å². The standard InChI is InChI=1S/C21H25FN2O3/c1-21(2,3)27-20(26)24-18(16-7-5-4-6-8-16)19(25)23-14-13-15-9-11-17(22)12-10-15/h4-12,18H,13-14H2,1-3H3,(H,23,25)(H,24,26)/t18-/m0/s1. The molecule has 0 aliphatic rings. The lowest BCUT2D eigenvalue weighted by atomic mass is 10.1. The Morgan fingerprint density at radius 2 is 1.67 bits per heavy atom. The third-order valence-electron chi connectivity index (χ3n) is 3.68. The van der Waals surface area contributed by atoms with Gasteiger partial charge in [0, 0.05) is 6.54 Å². The van der Waals surface area contributed by atoms with Crippen LogP contribution in [0, 0.1) is 5.82 Å². The Balaban J connectivity index is 2.00. The highest BCUT2D eigenvalue weighted by molar-refractivity contribution is 5.86. The first-order valence-corrected chi connectivity index (χ1v) is 8.81. The van der Waals surface area contributed by atoms with Crippen molar-refractivity contribution in [3.8, 4) is 0 Å². The fourth-order valence-electron chi connectivity index (χ4n) is 2.45. The van der Waals surface area contributed by atoms with Crippen LogP contribution < -0.4 is 10.6 Å². The predicted molar refractivity (Wildman–Crippen MR) is 102 cm³/mol. The second-order valence-corrected chi connectivity index (χ2v) is 7.16. The first-order valence-electron chi connectivity index (χ1n) is 8.81. The monoisotopic (exact) mass is 372 g/mol. The summed E-state index contributed by atoms with van der Waals surface area (Å²) in [5.74, 6) is -0.636. The summed E-state index contributed by atoms with van der Waals surface area (Å²) < 4.78 is 18.2. The summed E-state index contributed by atoms with van der Waals surface area (Å²) in [7, 11) is 0. The molecule has 2 aromatic rings. The number of carbonyl (C=O) groups excluding carboxylic acids is 2. The van der Waals surface area contributed by atoms with Crippen molar-refractivity contribution in [2.45, 2.75) is 38.8 Å².